The zero-order valence-corrected chi connectivity index (χ0v) is 10.3. The fourth-order valence-electron chi connectivity index (χ4n) is 2.50. The van der Waals surface area contributed by atoms with Crippen molar-refractivity contribution in [1.82, 2.24) is 0 Å². The number of nitrogens with one attached hydrogen (secondary N) is 1. The molecule has 1 heterocycles. The fraction of sp³-hybridized carbons (Fsp3) is 0.364. The summed E-state index contributed by atoms with van der Waals surface area (Å²) >= 11 is 9.59. The Hall–Kier alpha value is -0.540. The van der Waals surface area contributed by atoms with Crippen molar-refractivity contribution in [2.45, 2.75) is 24.7 Å². The Labute approximate surface area is 101 Å². The molecule has 2 aliphatic rings. The predicted molar refractivity (Wildman–Crippen MR) is 63.3 cm³/mol. The highest BCUT2D eigenvalue weighted by molar-refractivity contribution is 9.10. The molecule has 3 rings (SSSR count). The molecule has 1 spiro atoms. The number of rotatable bonds is 0. The summed E-state index contributed by atoms with van der Waals surface area (Å²) < 4.78 is 0.986. The average Bonchev–Trinajstić information content (AvgIpc) is 2.45. The summed E-state index contributed by atoms with van der Waals surface area (Å²) in [6, 6.07) is 3.73. The third-order valence-corrected chi connectivity index (χ3v) is 4.44. The van der Waals surface area contributed by atoms with E-state index < -0.39 is 0 Å². The van der Waals surface area contributed by atoms with Gasteiger partial charge in [0.05, 0.1) is 16.1 Å². The van der Waals surface area contributed by atoms with Crippen LogP contribution in [0, 0.1) is 0 Å². The molecule has 1 aromatic rings. The van der Waals surface area contributed by atoms with Crippen molar-refractivity contribution in [3.05, 3.63) is 27.2 Å². The molecule has 1 fully saturated rings. The van der Waals surface area contributed by atoms with E-state index in [1.54, 1.807) is 0 Å². The number of amides is 1. The summed E-state index contributed by atoms with van der Waals surface area (Å²) in [5.41, 5.74) is 1.57. The first-order valence-corrected chi connectivity index (χ1v) is 6.12. The molecule has 1 N–H and O–H groups in total. The lowest BCUT2D eigenvalue weighted by Gasteiger charge is -2.36. The van der Waals surface area contributed by atoms with Crippen LogP contribution < -0.4 is 5.32 Å². The van der Waals surface area contributed by atoms with Gasteiger partial charge in [0.1, 0.15) is 0 Å². The van der Waals surface area contributed by atoms with Crippen molar-refractivity contribution in [2.24, 2.45) is 0 Å². The molecule has 0 saturated heterocycles. The Bertz CT molecular complexity index is 468. The Morgan fingerprint density at radius 2 is 2.13 bits per heavy atom. The van der Waals surface area contributed by atoms with Gasteiger partial charge < -0.3 is 5.32 Å². The van der Waals surface area contributed by atoms with Gasteiger partial charge in [-0.3, -0.25) is 4.79 Å². The second-order valence-corrected chi connectivity index (χ2v) is 5.43. The van der Waals surface area contributed by atoms with Crippen LogP contribution in [0.2, 0.25) is 5.02 Å². The molecule has 1 aromatic carbocycles. The summed E-state index contributed by atoms with van der Waals surface area (Å²) in [6.07, 6.45) is 2.99. The maximum absolute atomic E-state index is 11.9. The largest absolute Gasteiger partial charge is 0.324 e. The highest BCUT2D eigenvalue weighted by atomic mass is 79.9. The second kappa shape index (κ2) is 2.98. The standard InChI is InChI=1S/C11H9BrClNO/c12-6-2-3-7(13)9-8(6)11(4-1-5-11)10(15)14-9/h2-3H,1,4-5H2,(H,14,15). The lowest BCUT2D eigenvalue weighted by atomic mass is 9.65. The third kappa shape index (κ3) is 1.08. The van der Waals surface area contributed by atoms with Crippen LogP contribution in [-0.4, -0.2) is 5.91 Å². The molecule has 1 aliphatic carbocycles. The van der Waals surface area contributed by atoms with E-state index in [2.05, 4.69) is 21.2 Å². The molecular weight excluding hydrogens is 277 g/mol. The second-order valence-electron chi connectivity index (χ2n) is 4.17. The number of hydrogen-bond donors (Lipinski definition) is 1. The van der Waals surface area contributed by atoms with E-state index >= 15 is 0 Å². The molecule has 1 saturated carbocycles. The number of carbonyl (C=O) groups is 1. The van der Waals surface area contributed by atoms with Gasteiger partial charge in [-0.2, -0.15) is 0 Å². The maximum Gasteiger partial charge on any atom is 0.235 e. The Morgan fingerprint density at radius 3 is 2.73 bits per heavy atom. The van der Waals surface area contributed by atoms with E-state index in [0.29, 0.717) is 5.02 Å². The highest BCUT2D eigenvalue weighted by Gasteiger charge is 2.52. The molecule has 0 bridgehead atoms. The van der Waals surface area contributed by atoms with E-state index in [9.17, 15) is 4.79 Å². The zero-order valence-electron chi connectivity index (χ0n) is 7.94. The molecule has 0 atom stereocenters. The summed E-state index contributed by atoms with van der Waals surface area (Å²) in [4.78, 5) is 11.9. The van der Waals surface area contributed by atoms with Crippen LogP contribution in [-0.2, 0) is 10.2 Å². The van der Waals surface area contributed by atoms with Gasteiger partial charge in [-0.15, -0.1) is 0 Å². The molecule has 4 heteroatoms. The minimum absolute atomic E-state index is 0.109. The third-order valence-electron chi connectivity index (χ3n) is 3.46. The van der Waals surface area contributed by atoms with Crippen LogP contribution in [0.5, 0.6) is 0 Å². The molecule has 2 nitrogen and oxygen atoms in total. The van der Waals surface area contributed by atoms with Gasteiger partial charge in [-0.25, -0.2) is 0 Å². The van der Waals surface area contributed by atoms with Gasteiger partial charge in [0.25, 0.3) is 0 Å². The molecule has 1 amide bonds. The first kappa shape index (κ1) is 9.67. The van der Waals surface area contributed by atoms with Crippen molar-refractivity contribution >= 4 is 39.1 Å². The van der Waals surface area contributed by atoms with Crippen LogP contribution in [0.1, 0.15) is 24.8 Å². The zero-order chi connectivity index (χ0) is 10.6. The van der Waals surface area contributed by atoms with Gasteiger partial charge in [-0.1, -0.05) is 34.0 Å². The number of benzene rings is 1. The van der Waals surface area contributed by atoms with Crippen molar-refractivity contribution in [2.75, 3.05) is 5.32 Å². The lowest BCUT2D eigenvalue weighted by Crippen LogP contribution is -2.41. The summed E-state index contributed by atoms with van der Waals surface area (Å²) in [5.74, 6) is 0.109. The molecule has 78 valence electrons. The van der Waals surface area contributed by atoms with E-state index in [-0.39, 0.29) is 11.3 Å². The Balaban J connectivity index is 2.28. The molecule has 0 unspecified atom stereocenters. The minimum atomic E-state index is -0.293. The van der Waals surface area contributed by atoms with E-state index in [1.807, 2.05) is 12.1 Å². The van der Waals surface area contributed by atoms with Crippen LogP contribution >= 0.6 is 27.5 Å². The number of hydrogen-bond acceptors (Lipinski definition) is 1. The van der Waals surface area contributed by atoms with Crippen LogP contribution in [0.25, 0.3) is 0 Å². The van der Waals surface area contributed by atoms with Gasteiger partial charge in [0, 0.05) is 10.0 Å². The van der Waals surface area contributed by atoms with Crippen LogP contribution in [0.4, 0.5) is 5.69 Å². The fourth-order valence-corrected chi connectivity index (χ4v) is 3.41. The van der Waals surface area contributed by atoms with E-state index in [4.69, 9.17) is 11.6 Å². The van der Waals surface area contributed by atoms with Gasteiger partial charge in [-0.05, 0) is 25.0 Å². The average molecular weight is 287 g/mol. The van der Waals surface area contributed by atoms with Crippen LogP contribution in [0.15, 0.2) is 16.6 Å². The molecule has 1 aliphatic heterocycles. The van der Waals surface area contributed by atoms with Crippen molar-refractivity contribution in [3.8, 4) is 0 Å². The summed E-state index contributed by atoms with van der Waals surface area (Å²) in [5, 5.41) is 3.53. The quantitative estimate of drug-likeness (QED) is 0.777. The van der Waals surface area contributed by atoms with Crippen molar-refractivity contribution in [3.63, 3.8) is 0 Å². The SMILES string of the molecule is O=C1Nc2c(Cl)ccc(Br)c2C12CCC2. The molecule has 0 radical (unpaired) electrons. The molecule has 0 aromatic heterocycles. The number of carbonyl (C=O) groups excluding carboxylic acids is 1. The molecular formula is C11H9BrClNO. The van der Waals surface area contributed by atoms with Crippen LogP contribution in [0.3, 0.4) is 0 Å². The van der Waals surface area contributed by atoms with Gasteiger partial charge in [0.15, 0.2) is 0 Å². The van der Waals surface area contributed by atoms with Gasteiger partial charge in [0.2, 0.25) is 5.91 Å². The number of fused-ring (bicyclic) bond motifs is 2. The van der Waals surface area contributed by atoms with Crippen molar-refractivity contribution < 1.29 is 4.79 Å². The monoisotopic (exact) mass is 285 g/mol. The minimum Gasteiger partial charge on any atom is -0.324 e. The maximum atomic E-state index is 11.9. The first-order chi connectivity index (χ1) is 7.15. The number of anilines is 1. The van der Waals surface area contributed by atoms with E-state index in [0.717, 1.165) is 35.0 Å². The number of halogens is 2. The smallest absolute Gasteiger partial charge is 0.235 e. The Morgan fingerprint density at radius 1 is 1.40 bits per heavy atom. The normalized spacial score (nSPS) is 21.1. The van der Waals surface area contributed by atoms with Crippen molar-refractivity contribution in [1.29, 1.82) is 0 Å². The highest BCUT2D eigenvalue weighted by Crippen LogP contribution is 2.55. The first-order valence-electron chi connectivity index (χ1n) is 4.95. The topological polar surface area (TPSA) is 29.1 Å². The van der Waals surface area contributed by atoms with E-state index in [1.165, 1.54) is 0 Å². The lowest BCUT2D eigenvalue weighted by molar-refractivity contribution is -0.123. The van der Waals surface area contributed by atoms with Gasteiger partial charge >= 0.3 is 0 Å². The summed E-state index contributed by atoms with van der Waals surface area (Å²) in [6.45, 7) is 0. The Kier molecular flexibility index (Phi) is 1.92. The molecule has 15 heavy (non-hydrogen) atoms. The summed E-state index contributed by atoms with van der Waals surface area (Å²) in [7, 11) is 0. The predicted octanol–water partition coefficient (Wildman–Crippen LogP) is 3.48.